The van der Waals surface area contributed by atoms with Gasteiger partial charge in [0.15, 0.2) is 0 Å². The second-order valence-electron chi connectivity index (χ2n) is 5.41. The number of halogens is 2. The topological polar surface area (TPSA) is 63.9 Å². The van der Waals surface area contributed by atoms with Crippen LogP contribution in [0.4, 0.5) is 0 Å². The smallest absolute Gasteiger partial charge is 0.233 e. The molecule has 2 aromatic rings. The summed E-state index contributed by atoms with van der Waals surface area (Å²) >= 11 is 13.4. The molecule has 122 valence electrons. The average molecular weight is 372 g/mol. The maximum absolute atomic E-state index is 12.3. The Morgan fingerprint density at radius 1 is 1.43 bits per heavy atom. The largest absolute Gasteiger partial charge is 0.341 e. The average Bonchev–Trinajstić information content (AvgIpc) is 3.26. The summed E-state index contributed by atoms with van der Waals surface area (Å²) in [6.07, 6.45) is 2.20. The molecule has 1 heterocycles. The SMILES string of the molecule is CN(Cc1ccc(Cl)cc1Cl)C(=O)CSc1nnnn1C1CC1. The Bertz CT molecular complexity index is 719. The number of aromatic nitrogens is 4. The van der Waals surface area contributed by atoms with Crippen LogP contribution in [0.1, 0.15) is 24.4 Å². The Balaban J connectivity index is 1.56. The quantitative estimate of drug-likeness (QED) is 0.730. The summed E-state index contributed by atoms with van der Waals surface area (Å²) < 4.78 is 1.80. The number of tetrazole rings is 1. The van der Waals surface area contributed by atoms with E-state index in [1.807, 2.05) is 6.07 Å². The van der Waals surface area contributed by atoms with E-state index in [4.69, 9.17) is 23.2 Å². The summed E-state index contributed by atoms with van der Waals surface area (Å²) in [6.45, 7) is 0.433. The zero-order valence-corrected chi connectivity index (χ0v) is 14.8. The first kappa shape index (κ1) is 16.5. The Labute approximate surface area is 148 Å². The van der Waals surface area contributed by atoms with Crippen molar-refractivity contribution in [2.75, 3.05) is 12.8 Å². The van der Waals surface area contributed by atoms with Gasteiger partial charge in [0.1, 0.15) is 0 Å². The molecular formula is C14H15Cl2N5OS. The van der Waals surface area contributed by atoms with E-state index in [-0.39, 0.29) is 11.7 Å². The van der Waals surface area contributed by atoms with Crippen LogP contribution in [0.15, 0.2) is 23.4 Å². The van der Waals surface area contributed by atoms with Gasteiger partial charge >= 0.3 is 0 Å². The highest BCUT2D eigenvalue weighted by molar-refractivity contribution is 7.99. The van der Waals surface area contributed by atoms with Crippen LogP contribution < -0.4 is 0 Å². The molecule has 6 nitrogen and oxygen atoms in total. The summed E-state index contributed by atoms with van der Waals surface area (Å²) in [5.41, 5.74) is 0.861. The second-order valence-corrected chi connectivity index (χ2v) is 7.20. The van der Waals surface area contributed by atoms with Gasteiger partial charge in [-0.25, -0.2) is 4.68 Å². The minimum absolute atomic E-state index is 0.00800. The normalized spacial score (nSPS) is 14.0. The van der Waals surface area contributed by atoms with Crippen LogP contribution in [0.3, 0.4) is 0 Å². The molecule has 9 heteroatoms. The molecular weight excluding hydrogens is 357 g/mol. The fourth-order valence-corrected chi connectivity index (χ4v) is 3.41. The lowest BCUT2D eigenvalue weighted by Gasteiger charge is -2.17. The van der Waals surface area contributed by atoms with Crippen LogP contribution in [0.5, 0.6) is 0 Å². The number of benzene rings is 1. The Hall–Kier alpha value is -1.31. The van der Waals surface area contributed by atoms with Crippen LogP contribution in [-0.4, -0.2) is 43.8 Å². The van der Waals surface area contributed by atoms with Gasteiger partial charge in [0.25, 0.3) is 0 Å². The molecule has 1 saturated carbocycles. The van der Waals surface area contributed by atoms with Crippen molar-refractivity contribution >= 4 is 40.9 Å². The number of amides is 1. The third-order valence-electron chi connectivity index (χ3n) is 3.53. The van der Waals surface area contributed by atoms with Crippen molar-refractivity contribution in [3.05, 3.63) is 33.8 Å². The fraction of sp³-hybridized carbons (Fsp3) is 0.429. The van der Waals surface area contributed by atoms with E-state index in [9.17, 15) is 4.79 Å². The highest BCUT2D eigenvalue weighted by Crippen LogP contribution is 2.36. The lowest BCUT2D eigenvalue weighted by Crippen LogP contribution is -2.28. The number of nitrogens with zero attached hydrogens (tertiary/aromatic N) is 5. The molecule has 0 atom stereocenters. The first-order chi connectivity index (χ1) is 11.0. The van der Waals surface area contributed by atoms with Crippen molar-refractivity contribution in [3.8, 4) is 0 Å². The van der Waals surface area contributed by atoms with Gasteiger partial charge in [-0.3, -0.25) is 4.79 Å². The van der Waals surface area contributed by atoms with Gasteiger partial charge in [0.05, 0.1) is 11.8 Å². The summed E-state index contributed by atoms with van der Waals surface area (Å²) in [5.74, 6) is 0.279. The van der Waals surface area contributed by atoms with Crippen LogP contribution >= 0.6 is 35.0 Å². The number of carbonyl (C=O) groups is 1. The number of hydrogen-bond donors (Lipinski definition) is 0. The lowest BCUT2D eigenvalue weighted by atomic mass is 10.2. The number of thioether (sulfide) groups is 1. The van der Waals surface area contributed by atoms with Crippen LogP contribution in [0.25, 0.3) is 0 Å². The van der Waals surface area contributed by atoms with E-state index in [1.165, 1.54) is 11.8 Å². The molecule has 1 amide bonds. The van der Waals surface area contributed by atoms with Crippen LogP contribution in [0.2, 0.25) is 10.0 Å². The molecule has 3 rings (SSSR count). The minimum Gasteiger partial charge on any atom is -0.341 e. The van der Waals surface area contributed by atoms with Gasteiger partial charge in [0.2, 0.25) is 11.1 Å². The monoisotopic (exact) mass is 371 g/mol. The molecule has 1 aromatic heterocycles. The summed E-state index contributed by atoms with van der Waals surface area (Å²) in [7, 11) is 1.75. The van der Waals surface area contributed by atoms with Crippen molar-refractivity contribution in [3.63, 3.8) is 0 Å². The zero-order valence-electron chi connectivity index (χ0n) is 12.4. The number of carbonyl (C=O) groups excluding carboxylic acids is 1. The summed E-state index contributed by atoms with van der Waals surface area (Å²) in [5, 5.41) is 13.5. The zero-order chi connectivity index (χ0) is 16.4. The van der Waals surface area contributed by atoms with E-state index in [1.54, 1.807) is 28.8 Å². The van der Waals surface area contributed by atoms with Crippen molar-refractivity contribution < 1.29 is 4.79 Å². The predicted octanol–water partition coefficient (Wildman–Crippen LogP) is 3.07. The Kier molecular flexibility index (Phi) is 5.08. The molecule has 23 heavy (non-hydrogen) atoms. The van der Waals surface area contributed by atoms with Crippen LogP contribution in [0, 0.1) is 0 Å². The van der Waals surface area contributed by atoms with Gasteiger partial charge in [0, 0.05) is 23.6 Å². The minimum atomic E-state index is -0.00800. The molecule has 0 N–H and O–H groups in total. The third kappa shape index (κ3) is 4.16. The first-order valence-electron chi connectivity index (χ1n) is 7.13. The Morgan fingerprint density at radius 3 is 2.91 bits per heavy atom. The molecule has 0 spiro atoms. The van der Waals surface area contributed by atoms with E-state index >= 15 is 0 Å². The second kappa shape index (κ2) is 7.07. The molecule has 0 bridgehead atoms. The lowest BCUT2D eigenvalue weighted by molar-refractivity contribution is -0.127. The van der Waals surface area contributed by atoms with Gasteiger partial charge in [-0.2, -0.15) is 0 Å². The number of hydrogen-bond acceptors (Lipinski definition) is 5. The van der Waals surface area contributed by atoms with E-state index < -0.39 is 0 Å². The molecule has 0 aliphatic heterocycles. The first-order valence-corrected chi connectivity index (χ1v) is 8.87. The predicted molar refractivity (Wildman–Crippen MR) is 89.7 cm³/mol. The van der Waals surface area contributed by atoms with Crippen LogP contribution in [-0.2, 0) is 11.3 Å². The number of rotatable bonds is 6. The van der Waals surface area contributed by atoms with Gasteiger partial charge in [-0.15, -0.1) is 5.10 Å². The molecule has 1 fully saturated rings. The molecule has 1 aromatic carbocycles. The maximum Gasteiger partial charge on any atom is 0.233 e. The molecule has 1 aliphatic carbocycles. The highest BCUT2D eigenvalue weighted by atomic mass is 35.5. The summed E-state index contributed by atoms with van der Waals surface area (Å²) in [4.78, 5) is 13.9. The van der Waals surface area contributed by atoms with E-state index in [2.05, 4.69) is 15.5 Å². The maximum atomic E-state index is 12.3. The van der Waals surface area contributed by atoms with Gasteiger partial charge in [-0.05, 0) is 41.0 Å². The molecule has 0 unspecified atom stereocenters. The van der Waals surface area contributed by atoms with Crippen molar-refractivity contribution in [1.29, 1.82) is 0 Å². The van der Waals surface area contributed by atoms with E-state index in [0.717, 1.165) is 18.4 Å². The fourth-order valence-electron chi connectivity index (χ4n) is 2.06. The molecule has 0 radical (unpaired) electrons. The summed E-state index contributed by atoms with van der Waals surface area (Å²) in [6, 6.07) is 5.66. The van der Waals surface area contributed by atoms with Gasteiger partial charge < -0.3 is 4.90 Å². The van der Waals surface area contributed by atoms with Crippen molar-refractivity contribution in [1.82, 2.24) is 25.1 Å². The van der Waals surface area contributed by atoms with Gasteiger partial charge in [-0.1, -0.05) is 41.0 Å². The Morgan fingerprint density at radius 2 is 2.22 bits per heavy atom. The highest BCUT2D eigenvalue weighted by Gasteiger charge is 2.28. The third-order valence-corrected chi connectivity index (χ3v) is 5.03. The standard InChI is InChI=1S/C14H15Cl2N5OS/c1-20(7-9-2-3-10(15)6-12(9)16)13(22)8-23-14-17-18-19-21(14)11-4-5-11/h2-3,6,11H,4-5,7-8H2,1H3. The molecule has 1 aliphatic rings. The molecule has 0 saturated heterocycles. The van der Waals surface area contributed by atoms with Crippen molar-refractivity contribution in [2.24, 2.45) is 0 Å². The van der Waals surface area contributed by atoms with E-state index in [0.29, 0.717) is 27.8 Å². The van der Waals surface area contributed by atoms with Crippen molar-refractivity contribution in [2.45, 2.75) is 30.6 Å².